The number of amidine groups is 1. The zero-order chi connectivity index (χ0) is 19.6. The third kappa shape index (κ3) is 4.17. The van der Waals surface area contributed by atoms with Gasteiger partial charge < -0.3 is 10.6 Å². The van der Waals surface area contributed by atoms with Gasteiger partial charge in [0.1, 0.15) is 5.69 Å². The molecule has 8 heteroatoms. The SMILES string of the molecule is CNc1ccc(/C=C2\SC(=Nc3ccc(C)cc3C)NC2=O)cc1[N+](=O)[O-]. The first-order valence-electron chi connectivity index (χ1n) is 8.20. The Hall–Kier alpha value is -3.13. The quantitative estimate of drug-likeness (QED) is 0.470. The van der Waals surface area contributed by atoms with E-state index in [2.05, 4.69) is 15.6 Å². The summed E-state index contributed by atoms with van der Waals surface area (Å²) in [5.74, 6) is -0.274. The molecule has 3 rings (SSSR count). The van der Waals surface area contributed by atoms with Gasteiger partial charge in [0.05, 0.1) is 15.5 Å². The molecule has 2 aromatic carbocycles. The van der Waals surface area contributed by atoms with Gasteiger partial charge in [-0.1, -0.05) is 23.8 Å². The Bertz CT molecular complexity index is 998. The average molecular weight is 382 g/mol. The molecule has 7 nitrogen and oxygen atoms in total. The molecule has 138 valence electrons. The largest absolute Gasteiger partial charge is 0.383 e. The molecule has 0 spiro atoms. The van der Waals surface area contributed by atoms with Crippen LogP contribution in [0.15, 0.2) is 46.3 Å². The number of rotatable bonds is 4. The van der Waals surface area contributed by atoms with Crippen molar-refractivity contribution < 1.29 is 9.72 Å². The number of nitro benzene ring substituents is 1. The zero-order valence-corrected chi connectivity index (χ0v) is 15.9. The Labute approximate surface area is 160 Å². The number of benzene rings is 2. The van der Waals surface area contributed by atoms with Crippen molar-refractivity contribution >= 4 is 46.0 Å². The van der Waals surface area contributed by atoms with Gasteiger partial charge in [-0.2, -0.15) is 0 Å². The second-order valence-electron chi connectivity index (χ2n) is 6.06. The van der Waals surface area contributed by atoms with E-state index in [1.165, 1.54) is 17.8 Å². The summed E-state index contributed by atoms with van der Waals surface area (Å²) < 4.78 is 0. The first kappa shape index (κ1) is 18.7. The van der Waals surface area contributed by atoms with Gasteiger partial charge in [0.15, 0.2) is 5.17 Å². The minimum Gasteiger partial charge on any atom is -0.383 e. The molecule has 2 aromatic rings. The third-order valence-corrected chi connectivity index (χ3v) is 4.92. The fraction of sp³-hybridized carbons (Fsp3) is 0.158. The number of nitrogens with zero attached hydrogens (tertiary/aromatic N) is 2. The molecule has 27 heavy (non-hydrogen) atoms. The maximum absolute atomic E-state index is 12.2. The van der Waals surface area contributed by atoms with Crippen molar-refractivity contribution in [2.24, 2.45) is 4.99 Å². The van der Waals surface area contributed by atoms with Gasteiger partial charge in [0.2, 0.25) is 0 Å². The predicted molar refractivity (Wildman–Crippen MR) is 109 cm³/mol. The number of carbonyl (C=O) groups excluding carboxylic acids is 1. The number of anilines is 1. The van der Waals surface area contributed by atoms with Gasteiger partial charge in [0.25, 0.3) is 11.6 Å². The van der Waals surface area contributed by atoms with Crippen LogP contribution in [-0.4, -0.2) is 23.0 Å². The van der Waals surface area contributed by atoms with Gasteiger partial charge >= 0.3 is 0 Å². The van der Waals surface area contributed by atoms with Gasteiger partial charge in [0, 0.05) is 13.1 Å². The zero-order valence-electron chi connectivity index (χ0n) is 15.1. The lowest BCUT2D eigenvalue weighted by atomic mass is 10.1. The fourth-order valence-electron chi connectivity index (χ4n) is 2.67. The first-order valence-corrected chi connectivity index (χ1v) is 9.02. The van der Waals surface area contributed by atoms with Crippen LogP contribution in [0, 0.1) is 24.0 Å². The molecule has 0 saturated carbocycles. The van der Waals surface area contributed by atoms with Crippen LogP contribution in [0.4, 0.5) is 17.1 Å². The number of aliphatic imine (C=N–C) groups is 1. The van der Waals surface area contributed by atoms with E-state index in [1.807, 2.05) is 32.0 Å². The summed E-state index contributed by atoms with van der Waals surface area (Å²) >= 11 is 1.21. The summed E-state index contributed by atoms with van der Waals surface area (Å²) in [6, 6.07) is 10.7. The van der Waals surface area contributed by atoms with Crippen molar-refractivity contribution in [3.63, 3.8) is 0 Å². The summed E-state index contributed by atoms with van der Waals surface area (Å²) in [6.07, 6.45) is 1.62. The van der Waals surface area contributed by atoms with E-state index in [9.17, 15) is 14.9 Å². The van der Waals surface area contributed by atoms with Crippen LogP contribution in [0.1, 0.15) is 16.7 Å². The first-order chi connectivity index (χ1) is 12.9. The normalized spacial score (nSPS) is 16.6. The maximum atomic E-state index is 12.2. The molecule has 0 radical (unpaired) electrons. The second-order valence-corrected chi connectivity index (χ2v) is 7.09. The van der Waals surface area contributed by atoms with Crippen LogP contribution >= 0.6 is 11.8 Å². The third-order valence-electron chi connectivity index (χ3n) is 4.01. The maximum Gasteiger partial charge on any atom is 0.292 e. The van der Waals surface area contributed by atoms with Crippen molar-refractivity contribution in [2.75, 3.05) is 12.4 Å². The van der Waals surface area contributed by atoms with E-state index in [-0.39, 0.29) is 11.6 Å². The summed E-state index contributed by atoms with van der Waals surface area (Å²) in [6.45, 7) is 3.97. The van der Waals surface area contributed by atoms with Crippen LogP contribution in [0.2, 0.25) is 0 Å². The molecule has 2 N–H and O–H groups in total. The summed E-state index contributed by atoms with van der Waals surface area (Å²) in [5, 5.41) is 17.2. The molecular formula is C19H18N4O3S. The number of hydrogen-bond donors (Lipinski definition) is 2. The molecule has 1 aliphatic rings. The number of nitrogens with one attached hydrogen (secondary N) is 2. The Morgan fingerprint density at radius 2 is 2.00 bits per heavy atom. The molecule has 1 heterocycles. The highest BCUT2D eigenvalue weighted by atomic mass is 32.2. The summed E-state index contributed by atoms with van der Waals surface area (Å²) in [5.41, 5.74) is 3.91. The second kappa shape index (κ2) is 7.63. The lowest BCUT2D eigenvalue weighted by molar-refractivity contribution is -0.384. The van der Waals surface area contributed by atoms with Crippen LogP contribution in [0.5, 0.6) is 0 Å². The highest BCUT2D eigenvalue weighted by Crippen LogP contribution is 2.31. The Morgan fingerprint density at radius 3 is 2.67 bits per heavy atom. The summed E-state index contributed by atoms with van der Waals surface area (Å²) in [7, 11) is 1.62. The van der Waals surface area contributed by atoms with Crippen molar-refractivity contribution in [1.82, 2.24) is 5.32 Å². The van der Waals surface area contributed by atoms with E-state index in [1.54, 1.807) is 25.3 Å². The lowest BCUT2D eigenvalue weighted by Gasteiger charge is -2.03. The molecule has 1 saturated heterocycles. The number of thioether (sulfide) groups is 1. The van der Waals surface area contributed by atoms with E-state index in [0.717, 1.165) is 16.8 Å². The number of nitro groups is 1. The predicted octanol–water partition coefficient (Wildman–Crippen LogP) is 4.14. The summed E-state index contributed by atoms with van der Waals surface area (Å²) in [4.78, 5) is 27.9. The van der Waals surface area contributed by atoms with Crippen molar-refractivity contribution in [3.8, 4) is 0 Å². The van der Waals surface area contributed by atoms with Crippen molar-refractivity contribution in [1.29, 1.82) is 0 Å². The van der Waals surface area contributed by atoms with Crippen molar-refractivity contribution in [2.45, 2.75) is 13.8 Å². The molecule has 1 aliphatic heterocycles. The Balaban J connectivity index is 1.88. The highest BCUT2D eigenvalue weighted by Gasteiger charge is 2.24. The van der Waals surface area contributed by atoms with Gasteiger partial charge in [-0.25, -0.2) is 4.99 Å². The average Bonchev–Trinajstić information content (AvgIpc) is 2.96. The molecule has 0 aliphatic carbocycles. The molecule has 0 unspecified atom stereocenters. The topological polar surface area (TPSA) is 96.6 Å². The number of amides is 1. The standard InChI is InChI=1S/C19H18N4O3S/c1-11-4-6-14(12(2)8-11)21-19-22-18(24)17(27-19)10-13-5-7-15(20-3)16(9-13)23(25)26/h4-10,20H,1-3H3,(H,21,22,24)/b17-10-. The van der Waals surface area contributed by atoms with E-state index in [0.29, 0.717) is 21.3 Å². The van der Waals surface area contributed by atoms with Gasteiger partial charge in [-0.15, -0.1) is 0 Å². The van der Waals surface area contributed by atoms with E-state index in [4.69, 9.17) is 0 Å². The molecule has 0 aromatic heterocycles. The smallest absolute Gasteiger partial charge is 0.292 e. The highest BCUT2D eigenvalue weighted by molar-refractivity contribution is 8.18. The van der Waals surface area contributed by atoms with Crippen LogP contribution < -0.4 is 10.6 Å². The number of aryl methyl sites for hydroxylation is 2. The monoisotopic (exact) mass is 382 g/mol. The van der Waals surface area contributed by atoms with Crippen molar-refractivity contribution in [3.05, 3.63) is 68.1 Å². The van der Waals surface area contributed by atoms with E-state index >= 15 is 0 Å². The molecule has 1 amide bonds. The minimum atomic E-state index is -0.456. The molecular weight excluding hydrogens is 364 g/mol. The molecule has 0 bridgehead atoms. The number of hydrogen-bond acceptors (Lipinski definition) is 6. The van der Waals surface area contributed by atoms with Gasteiger partial charge in [-0.3, -0.25) is 14.9 Å². The number of carbonyl (C=O) groups is 1. The fourth-order valence-corrected chi connectivity index (χ4v) is 3.51. The minimum absolute atomic E-state index is 0.0422. The van der Waals surface area contributed by atoms with Gasteiger partial charge in [-0.05, 0) is 54.9 Å². The Kier molecular flexibility index (Phi) is 5.27. The van der Waals surface area contributed by atoms with E-state index < -0.39 is 4.92 Å². The van der Waals surface area contributed by atoms with Crippen LogP contribution in [0.3, 0.4) is 0 Å². The Morgan fingerprint density at radius 1 is 1.22 bits per heavy atom. The van der Waals surface area contributed by atoms with Crippen LogP contribution in [-0.2, 0) is 4.79 Å². The van der Waals surface area contributed by atoms with Crippen LogP contribution in [0.25, 0.3) is 6.08 Å². The molecule has 0 atom stereocenters. The molecule has 1 fully saturated rings. The lowest BCUT2D eigenvalue weighted by Crippen LogP contribution is -2.19.